The zero-order chi connectivity index (χ0) is 20.6. The molecular formula is C20H27FN2O5S. The molecule has 160 valence electrons. The number of sulfonamides is 1. The summed E-state index contributed by atoms with van der Waals surface area (Å²) in [5.74, 6) is -0.0891. The maximum atomic E-state index is 14.6. The van der Waals surface area contributed by atoms with E-state index in [-0.39, 0.29) is 49.0 Å². The number of fused-ring (bicyclic) bond motifs is 5. The topological polar surface area (TPSA) is 84.9 Å². The maximum absolute atomic E-state index is 14.6. The summed E-state index contributed by atoms with van der Waals surface area (Å²) in [5.41, 5.74) is 0.549. The van der Waals surface area contributed by atoms with E-state index in [2.05, 4.69) is 4.72 Å². The number of hydrogen-bond acceptors (Lipinski definition) is 5. The molecule has 1 aromatic rings. The van der Waals surface area contributed by atoms with Crippen LogP contribution in [0.5, 0.6) is 5.75 Å². The summed E-state index contributed by atoms with van der Waals surface area (Å²) in [6, 6.07) is 3.97. The fourth-order valence-electron chi connectivity index (χ4n) is 4.80. The number of hydrogen-bond donors (Lipinski definition) is 1. The third kappa shape index (κ3) is 4.57. The Morgan fingerprint density at radius 2 is 1.93 bits per heavy atom. The summed E-state index contributed by atoms with van der Waals surface area (Å²) in [6.07, 6.45) is 4.83. The number of amides is 1. The molecule has 0 radical (unpaired) electrons. The molecule has 3 heterocycles. The zero-order valence-electron chi connectivity index (χ0n) is 16.5. The van der Waals surface area contributed by atoms with Gasteiger partial charge in [0.15, 0.2) is 6.61 Å². The minimum atomic E-state index is -3.40. The van der Waals surface area contributed by atoms with Crippen molar-refractivity contribution in [2.45, 2.75) is 56.2 Å². The zero-order valence-corrected chi connectivity index (χ0v) is 17.3. The van der Waals surface area contributed by atoms with Crippen LogP contribution in [0.15, 0.2) is 18.2 Å². The largest absolute Gasteiger partial charge is 0.483 e. The van der Waals surface area contributed by atoms with Crippen LogP contribution in [0.4, 0.5) is 4.39 Å². The van der Waals surface area contributed by atoms with Gasteiger partial charge in [-0.3, -0.25) is 4.79 Å². The Kier molecular flexibility index (Phi) is 5.81. The Labute approximate surface area is 170 Å². The van der Waals surface area contributed by atoms with Crippen LogP contribution >= 0.6 is 0 Å². The van der Waals surface area contributed by atoms with Crippen LogP contribution in [0.1, 0.15) is 43.6 Å². The lowest BCUT2D eigenvalue weighted by Gasteiger charge is -2.32. The fourth-order valence-corrected chi connectivity index (χ4v) is 5.62. The molecule has 1 saturated carbocycles. The number of nitrogens with zero attached hydrogens (tertiary/aromatic N) is 1. The van der Waals surface area contributed by atoms with E-state index in [1.807, 2.05) is 0 Å². The second kappa shape index (κ2) is 8.20. The first-order chi connectivity index (χ1) is 13.8. The number of halogens is 1. The molecule has 0 unspecified atom stereocenters. The number of benzene rings is 1. The Morgan fingerprint density at radius 3 is 2.66 bits per heavy atom. The van der Waals surface area contributed by atoms with Gasteiger partial charge in [0.05, 0.1) is 25.0 Å². The fraction of sp³-hybridized carbons (Fsp3) is 0.650. The monoisotopic (exact) mass is 426 g/mol. The highest BCUT2D eigenvalue weighted by Gasteiger charge is 2.40. The van der Waals surface area contributed by atoms with Crippen molar-refractivity contribution in [2.75, 3.05) is 26.0 Å². The van der Waals surface area contributed by atoms with Gasteiger partial charge in [0.25, 0.3) is 5.91 Å². The van der Waals surface area contributed by atoms with Crippen molar-refractivity contribution in [3.8, 4) is 5.75 Å². The van der Waals surface area contributed by atoms with Gasteiger partial charge in [-0.2, -0.15) is 0 Å². The number of carbonyl (C=O) groups excluding carboxylic acids is 1. The summed E-state index contributed by atoms with van der Waals surface area (Å²) in [4.78, 5) is 14.5. The SMILES string of the molecule is CS(=O)(=O)N[C@H]1CCN2C(=O)COc3cccc(F)c3C3CCC(CC3)OC[C@@H]12. The predicted octanol–water partition coefficient (Wildman–Crippen LogP) is 1.78. The molecule has 7 nitrogen and oxygen atoms in total. The van der Waals surface area contributed by atoms with E-state index in [1.165, 1.54) is 6.07 Å². The third-order valence-electron chi connectivity index (χ3n) is 6.18. The summed E-state index contributed by atoms with van der Waals surface area (Å²) < 4.78 is 52.6. The van der Waals surface area contributed by atoms with Gasteiger partial charge < -0.3 is 14.4 Å². The summed E-state index contributed by atoms with van der Waals surface area (Å²) in [5, 5.41) is 0. The van der Waals surface area contributed by atoms with Gasteiger partial charge in [0.2, 0.25) is 10.0 Å². The molecular weight excluding hydrogens is 399 g/mol. The van der Waals surface area contributed by atoms with Crippen LogP contribution in [-0.4, -0.2) is 63.4 Å². The molecule has 1 N–H and O–H groups in total. The Bertz CT molecular complexity index is 870. The molecule has 29 heavy (non-hydrogen) atoms. The van der Waals surface area contributed by atoms with E-state index in [0.717, 1.165) is 31.9 Å². The van der Waals surface area contributed by atoms with Gasteiger partial charge in [-0.1, -0.05) is 6.07 Å². The van der Waals surface area contributed by atoms with E-state index >= 15 is 0 Å². The van der Waals surface area contributed by atoms with Crippen molar-refractivity contribution < 1.29 is 27.1 Å². The van der Waals surface area contributed by atoms with Crippen molar-refractivity contribution >= 4 is 15.9 Å². The van der Waals surface area contributed by atoms with Crippen LogP contribution in [0.2, 0.25) is 0 Å². The van der Waals surface area contributed by atoms with E-state index in [1.54, 1.807) is 17.0 Å². The van der Waals surface area contributed by atoms with Crippen LogP contribution in [0, 0.1) is 5.82 Å². The van der Waals surface area contributed by atoms with Crippen molar-refractivity contribution in [1.82, 2.24) is 9.62 Å². The van der Waals surface area contributed by atoms with Gasteiger partial charge in [-0.15, -0.1) is 0 Å². The van der Waals surface area contributed by atoms with E-state index < -0.39 is 10.0 Å². The van der Waals surface area contributed by atoms with Gasteiger partial charge in [0, 0.05) is 18.2 Å². The van der Waals surface area contributed by atoms with Crippen molar-refractivity contribution in [3.05, 3.63) is 29.6 Å². The van der Waals surface area contributed by atoms with Crippen molar-refractivity contribution in [3.63, 3.8) is 0 Å². The van der Waals surface area contributed by atoms with Crippen LogP contribution in [0.25, 0.3) is 0 Å². The Hall–Kier alpha value is -1.71. The predicted molar refractivity (Wildman–Crippen MR) is 105 cm³/mol. The van der Waals surface area contributed by atoms with Crippen LogP contribution in [-0.2, 0) is 19.6 Å². The third-order valence-corrected chi connectivity index (χ3v) is 6.91. The average Bonchev–Trinajstić information content (AvgIpc) is 3.05. The van der Waals surface area contributed by atoms with Crippen LogP contribution in [0.3, 0.4) is 0 Å². The molecule has 4 aliphatic rings. The van der Waals surface area contributed by atoms with E-state index in [4.69, 9.17) is 9.47 Å². The van der Waals surface area contributed by atoms with E-state index in [0.29, 0.717) is 24.3 Å². The molecule has 1 saturated heterocycles. The first-order valence-corrected chi connectivity index (χ1v) is 12.0. The first kappa shape index (κ1) is 20.6. The minimum Gasteiger partial charge on any atom is -0.483 e. The standard InChI is InChI=1S/C20H27FN2O5S/c1-29(25,26)22-16-9-10-23-17(16)11-27-14-7-5-13(6-8-14)20-15(21)3-2-4-18(20)28-12-19(23)24/h2-4,13-14,16-17,22H,5-12H2,1H3/t13?,14?,16-,17-/m0/s1. The number of ether oxygens (including phenoxy) is 2. The number of carbonyl (C=O) groups is 1. The van der Waals surface area contributed by atoms with Gasteiger partial charge in [0.1, 0.15) is 11.6 Å². The lowest BCUT2D eigenvalue weighted by atomic mass is 9.82. The lowest BCUT2D eigenvalue weighted by molar-refractivity contribution is -0.136. The Balaban J connectivity index is 1.61. The van der Waals surface area contributed by atoms with Crippen molar-refractivity contribution in [2.24, 2.45) is 0 Å². The molecule has 2 bridgehead atoms. The van der Waals surface area contributed by atoms with Gasteiger partial charge >= 0.3 is 0 Å². The first-order valence-electron chi connectivity index (χ1n) is 10.1. The molecule has 5 rings (SSSR count). The number of rotatable bonds is 2. The molecule has 3 aliphatic heterocycles. The summed E-state index contributed by atoms with van der Waals surface area (Å²) in [7, 11) is -3.40. The second-order valence-corrected chi connectivity index (χ2v) is 9.97. The minimum absolute atomic E-state index is 0.0274. The quantitative estimate of drug-likeness (QED) is 0.779. The van der Waals surface area contributed by atoms with Gasteiger partial charge in [-0.25, -0.2) is 17.5 Å². The molecule has 1 amide bonds. The smallest absolute Gasteiger partial charge is 0.260 e. The molecule has 0 spiro atoms. The highest BCUT2D eigenvalue weighted by molar-refractivity contribution is 7.88. The average molecular weight is 427 g/mol. The highest BCUT2D eigenvalue weighted by Crippen LogP contribution is 2.40. The van der Waals surface area contributed by atoms with Crippen LogP contribution < -0.4 is 9.46 Å². The summed E-state index contributed by atoms with van der Waals surface area (Å²) in [6.45, 7) is 0.483. The maximum Gasteiger partial charge on any atom is 0.260 e. The molecule has 2 atom stereocenters. The van der Waals surface area contributed by atoms with E-state index in [9.17, 15) is 17.6 Å². The molecule has 9 heteroatoms. The highest BCUT2D eigenvalue weighted by atomic mass is 32.2. The molecule has 0 aromatic heterocycles. The lowest BCUT2D eigenvalue weighted by Crippen LogP contribution is -2.50. The molecule has 1 aromatic carbocycles. The molecule has 2 fully saturated rings. The molecule has 1 aliphatic carbocycles. The van der Waals surface area contributed by atoms with Gasteiger partial charge in [-0.05, 0) is 50.2 Å². The van der Waals surface area contributed by atoms with Crippen molar-refractivity contribution in [1.29, 1.82) is 0 Å². The normalized spacial score (nSPS) is 30.6. The Morgan fingerprint density at radius 1 is 1.17 bits per heavy atom. The second-order valence-electron chi connectivity index (χ2n) is 8.19. The number of nitrogens with one attached hydrogen (secondary N) is 1. The summed E-state index contributed by atoms with van der Waals surface area (Å²) >= 11 is 0.